The normalized spacial score (nSPS) is 11.1. The molecule has 0 atom stereocenters. The summed E-state index contributed by atoms with van der Waals surface area (Å²) < 4.78 is 3.79. The number of nitrogens with zero attached hydrogens (tertiary/aromatic N) is 3. The van der Waals surface area contributed by atoms with Crippen molar-refractivity contribution in [3.63, 3.8) is 0 Å². The Morgan fingerprint density at radius 2 is 1.60 bits per heavy atom. The zero-order chi connectivity index (χ0) is 21.6. The number of aromatic nitrogens is 3. The molecule has 0 radical (unpaired) electrons. The SMILES string of the molecule is Cn1c(=O)c2c(-c3ccccc3Cl)n(NC(=O)c3ccc(Cl)cc3)cc2n(C)c1=O. The van der Waals surface area contributed by atoms with E-state index in [-0.39, 0.29) is 5.39 Å². The van der Waals surface area contributed by atoms with Gasteiger partial charge in [-0.15, -0.1) is 0 Å². The Labute approximate surface area is 180 Å². The van der Waals surface area contributed by atoms with Crippen LogP contribution >= 0.6 is 23.2 Å². The van der Waals surface area contributed by atoms with Crippen LogP contribution in [0.5, 0.6) is 0 Å². The highest BCUT2D eigenvalue weighted by Gasteiger charge is 2.22. The van der Waals surface area contributed by atoms with E-state index >= 15 is 0 Å². The number of carbonyl (C=O) groups excluding carboxylic acids is 1. The minimum atomic E-state index is -0.484. The van der Waals surface area contributed by atoms with Gasteiger partial charge in [-0.3, -0.25) is 28.8 Å². The summed E-state index contributed by atoms with van der Waals surface area (Å²) >= 11 is 12.3. The summed E-state index contributed by atoms with van der Waals surface area (Å²) in [7, 11) is 2.97. The number of nitrogens with one attached hydrogen (secondary N) is 1. The monoisotopic (exact) mass is 442 g/mol. The summed E-state index contributed by atoms with van der Waals surface area (Å²) in [6.07, 6.45) is 1.53. The number of rotatable bonds is 3. The number of hydrogen-bond acceptors (Lipinski definition) is 3. The summed E-state index contributed by atoms with van der Waals surface area (Å²) in [5, 5.41) is 1.17. The molecular weight excluding hydrogens is 427 g/mol. The largest absolute Gasteiger partial charge is 0.330 e. The second kappa shape index (κ2) is 7.51. The number of halogens is 2. The molecule has 7 nitrogen and oxygen atoms in total. The Kier molecular flexibility index (Phi) is 5.01. The number of benzene rings is 2. The Hall–Kier alpha value is -3.29. The van der Waals surface area contributed by atoms with Crippen molar-refractivity contribution in [1.29, 1.82) is 0 Å². The van der Waals surface area contributed by atoms with E-state index in [4.69, 9.17) is 23.2 Å². The lowest BCUT2D eigenvalue weighted by Crippen LogP contribution is -2.36. The van der Waals surface area contributed by atoms with Crippen LogP contribution in [0.4, 0.5) is 0 Å². The average Bonchev–Trinajstić information content (AvgIpc) is 3.10. The Morgan fingerprint density at radius 1 is 0.933 bits per heavy atom. The van der Waals surface area contributed by atoms with Gasteiger partial charge < -0.3 is 0 Å². The fraction of sp³-hybridized carbons (Fsp3) is 0.0952. The number of aryl methyl sites for hydroxylation is 1. The van der Waals surface area contributed by atoms with Crippen molar-refractivity contribution in [3.8, 4) is 11.3 Å². The van der Waals surface area contributed by atoms with Crippen LogP contribution in [-0.4, -0.2) is 19.7 Å². The predicted octanol–water partition coefficient (Wildman–Crippen LogP) is 3.40. The van der Waals surface area contributed by atoms with Crippen molar-refractivity contribution in [2.75, 3.05) is 5.43 Å². The summed E-state index contributed by atoms with van der Waals surface area (Å²) in [6.45, 7) is 0. The lowest BCUT2D eigenvalue weighted by Gasteiger charge is -2.12. The van der Waals surface area contributed by atoms with Gasteiger partial charge in [0.1, 0.15) is 0 Å². The van der Waals surface area contributed by atoms with Crippen LogP contribution in [0, 0.1) is 0 Å². The van der Waals surface area contributed by atoms with E-state index in [0.717, 1.165) is 4.57 Å². The highest BCUT2D eigenvalue weighted by molar-refractivity contribution is 6.33. The fourth-order valence-electron chi connectivity index (χ4n) is 3.32. The van der Waals surface area contributed by atoms with Crippen molar-refractivity contribution < 1.29 is 4.79 Å². The maximum absolute atomic E-state index is 13.0. The molecule has 0 aliphatic heterocycles. The summed E-state index contributed by atoms with van der Waals surface area (Å²) in [5.74, 6) is -0.415. The molecule has 0 bridgehead atoms. The number of amides is 1. The van der Waals surface area contributed by atoms with Crippen LogP contribution in [0.15, 0.2) is 64.3 Å². The molecule has 152 valence electrons. The van der Waals surface area contributed by atoms with Crippen LogP contribution in [0.1, 0.15) is 10.4 Å². The molecule has 1 N–H and O–H groups in total. The molecule has 0 aliphatic carbocycles. The third-order valence-electron chi connectivity index (χ3n) is 4.90. The van der Waals surface area contributed by atoms with E-state index in [9.17, 15) is 14.4 Å². The molecule has 2 heterocycles. The third-order valence-corrected chi connectivity index (χ3v) is 5.48. The van der Waals surface area contributed by atoms with Crippen LogP contribution in [0.3, 0.4) is 0 Å². The second-order valence-electron chi connectivity index (χ2n) is 6.74. The molecule has 4 aromatic rings. The van der Waals surface area contributed by atoms with Gasteiger partial charge in [-0.25, -0.2) is 4.79 Å². The van der Waals surface area contributed by atoms with Gasteiger partial charge in [0.2, 0.25) is 0 Å². The molecule has 0 saturated heterocycles. The molecule has 2 aromatic heterocycles. The zero-order valence-electron chi connectivity index (χ0n) is 16.0. The highest BCUT2D eigenvalue weighted by Crippen LogP contribution is 2.32. The molecule has 9 heteroatoms. The number of fused-ring (bicyclic) bond motifs is 1. The van der Waals surface area contributed by atoms with Gasteiger partial charge in [0.25, 0.3) is 11.5 Å². The minimum absolute atomic E-state index is 0.268. The third kappa shape index (κ3) is 3.22. The first-order valence-corrected chi connectivity index (χ1v) is 9.68. The molecule has 2 aromatic carbocycles. The van der Waals surface area contributed by atoms with Crippen LogP contribution in [-0.2, 0) is 14.1 Å². The zero-order valence-corrected chi connectivity index (χ0v) is 17.5. The van der Waals surface area contributed by atoms with Gasteiger partial charge in [0.15, 0.2) is 0 Å². The van der Waals surface area contributed by atoms with Crippen molar-refractivity contribution in [3.05, 3.63) is 91.2 Å². The number of hydrogen-bond donors (Lipinski definition) is 1. The minimum Gasteiger partial charge on any atom is -0.295 e. The Morgan fingerprint density at radius 3 is 2.27 bits per heavy atom. The van der Waals surface area contributed by atoms with Crippen molar-refractivity contribution in [1.82, 2.24) is 13.8 Å². The van der Waals surface area contributed by atoms with Gasteiger partial charge in [0.05, 0.1) is 22.8 Å². The lowest BCUT2D eigenvalue weighted by molar-refractivity contribution is 0.101. The van der Waals surface area contributed by atoms with Gasteiger partial charge >= 0.3 is 5.69 Å². The van der Waals surface area contributed by atoms with Gasteiger partial charge in [0, 0.05) is 35.3 Å². The van der Waals surface area contributed by atoms with Crippen LogP contribution < -0.4 is 16.7 Å². The predicted molar refractivity (Wildman–Crippen MR) is 118 cm³/mol. The average molecular weight is 443 g/mol. The fourth-order valence-corrected chi connectivity index (χ4v) is 3.67. The Balaban J connectivity index is 1.99. The van der Waals surface area contributed by atoms with E-state index in [1.54, 1.807) is 55.6 Å². The summed E-state index contributed by atoms with van der Waals surface area (Å²) in [4.78, 5) is 38.2. The smallest absolute Gasteiger partial charge is 0.295 e. The molecule has 0 unspecified atom stereocenters. The molecule has 30 heavy (non-hydrogen) atoms. The first-order valence-electron chi connectivity index (χ1n) is 8.92. The van der Waals surface area contributed by atoms with Gasteiger partial charge in [-0.05, 0) is 30.3 Å². The van der Waals surface area contributed by atoms with E-state index in [1.165, 1.54) is 22.5 Å². The topological polar surface area (TPSA) is 78.0 Å². The molecular formula is C21H16Cl2N4O3. The Bertz CT molecular complexity index is 1420. The lowest BCUT2D eigenvalue weighted by atomic mass is 10.1. The van der Waals surface area contributed by atoms with Gasteiger partial charge in [-0.2, -0.15) is 0 Å². The molecule has 0 aliphatic rings. The first kappa shape index (κ1) is 20.0. The molecule has 1 amide bonds. The van der Waals surface area contributed by atoms with E-state index in [0.29, 0.717) is 32.4 Å². The van der Waals surface area contributed by atoms with Crippen molar-refractivity contribution in [2.45, 2.75) is 0 Å². The highest BCUT2D eigenvalue weighted by atomic mass is 35.5. The summed E-state index contributed by atoms with van der Waals surface area (Å²) in [6, 6.07) is 13.4. The van der Waals surface area contributed by atoms with E-state index in [1.807, 2.05) is 0 Å². The van der Waals surface area contributed by atoms with E-state index < -0.39 is 17.2 Å². The molecule has 4 rings (SSSR count). The second-order valence-corrected chi connectivity index (χ2v) is 7.59. The van der Waals surface area contributed by atoms with Gasteiger partial charge in [-0.1, -0.05) is 41.4 Å². The van der Waals surface area contributed by atoms with Crippen molar-refractivity contribution >= 4 is 40.0 Å². The molecule has 0 saturated carbocycles. The first-order chi connectivity index (χ1) is 14.3. The van der Waals surface area contributed by atoms with Crippen LogP contribution in [0.2, 0.25) is 10.0 Å². The van der Waals surface area contributed by atoms with Crippen molar-refractivity contribution in [2.24, 2.45) is 14.1 Å². The maximum Gasteiger partial charge on any atom is 0.330 e. The standard InChI is InChI=1S/C21H16Cl2N4O3/c1-25-16-11-27(24-19(28)12-7-9-13(22)10-8-12)18(14-5-3-4-6-15(14)23)17(16)20(29)26(2)21(25)30/h3-11H,1-2H3,(H,24,28). The molecule has 0 spiro atoms. The van der Waals surface area contributed by atoms with E-state index in [2.05, 4.69) is 5.43 Å². The quantitative estimate of drug-likeness (QED) is 0.527. The van der Waals surface area contributed by atoms with Crippen LogP contribution in [0.25, 0.3) is 22.2 Å². The maximum atomic E-state index is 13.0. The molecule has 0 fully saturated rings. The number of carbonyl (C=O) groups is 1. The summed E-state index contributed by atoms with van der Waals surface area (Å²) in [5.41, 5.74) is 3.49.